The van der Waals surface area contributed by atoms with E-state index >= 15 is 0 Å². The third-order valence-electron chi connectivity index (χ3n) is 1.80. The average molecular weight is 155 g/mol. The predicted octanol–water partition coefficient (Wildman–Crippen LogP) is 3.05. The quantitative estimate of drug-likeness (QED) is 0.564. The van der Waals surface area contributed by atoms with Crippen molar-refractivity contribution in [1.82, 2.24) is 0 Å². The average Bonchev–Trinajstić information content (AvgIpc) is 2.03. The summed E-state index contributed by atoms with van der Waals surface area (Å²) in [6, 6.07) is 0. The molecule has 0 aromatic rings. The maximum atomic E-state index is 3.71. The molecule has 0 aromatic heterocycles. The molecule has 1 aliphatic carbocycles. The molecule has 0 aliphatic heterocycles. The van der Waals surface area contributed by atoms with Crippen molar-refractivity contribution < 1.29 is 0 Å². The van der Waals surface area contributed by atoms with Gasteiger partial charge in [-0.15, -0.1) is 6.58 Å². The van der Waals surface area contributed by atoms with Gasteiger partial charge in [0, 0.05) is 11.0 Å². The van der Waals surface area contributed by atoms with Gasteiger partial charge < -0.3 is 0 Å². The fourth-order valence-electron chi connectivity index (χ4n) is 1.25. The van der Waals surface area contributed by atoms with Crippen LogP contribution in [-0.2, 0) is 0 Å². The second-order valence-corrected chi connectivity index (χ2v) is 3.95. The van der Waals surface area contributed by atoms with Gasteiger partial charge in [-0.05, 0) is 19.3 Å². The molecule has 0 spiro atoms. The van der Waals surface area contributed by atoms with Crippen LogP contribution in [-0.4, -0.2) is 11.0 Å². The summed E-state index contributed by atoms with van der Waals surface area (Å²) in [7, 11) is 0. The van der Waals surface area contributed by atoms with Gasteiger partial charge in [-0.1, -0.05) is 18.9 Å². The molecule has 0 aromatic carbocycles. The Labute approximate surface area is 68.1 Å². The maximum Gasteiger partial charge on any atom is 0.0113 e. The van der Waals surface area contributed by atoms with Gasteiger partial charge in [0.2, 0.25) is 0 Å². The van der Waals surface area contributed by atoms with Crippen molar-refractivity contribution >= 4 is 11.8 Å². The van der Waals surface area contributed by atoms with Crippen LogP contribution in [0.4, 0.5) is 0 Å². The summed E-state index contributed by atoms with van der Waals surface area (Å²) in [5, 5.41) is 0.826. The lowest BCUT2D eigenvalue weighted by atomic mass is 10.0. The minimum atomic E-state index is 0.826. The standard InChI is InChI=1S/C9H15S/c1-2-8-10-9-6-4-3-5-7-9/h2,6,9H,1,3-5,7-8H2. The summed E-state index contributed by atoms with van der Waals surface area (Å²) in [6.07, 6.45) is 9.99. The van der Waals surface area contributed by atoms with Gasteiger partial charge in [0.25, 0.3) is 0 Å². The second-order valence-electron chi connectivity index (χ2n) is 2.68. The first-order valence-electron chi connectivity index (χ1n) is 3.99. The molecular weight excluding hydrogens is 140 g/mol. The lowest BCUT2D eigenvalue weighted by Crippen LogP contribution is -2.08. The van der Waals surface area contributed by atoms with Gasteiger partial charge in [0.1, 0.15) is 0 Å². The molecule has 10 heavy (non-hydrogen) atoms. The molecule has 1 heteroatoms. The van der Waals surface area contributed by atoms with E-state index in [1.807, 2.05) is 17.8 Å². The summed E-state index contributed by atoms with van der Waals surface area (Å²) in [6.45, 7) is 3.71. The van der Waals surface area contributed by atoms with Crippen LogP contribution < -0.4 is 0 Å². The van der Waals surface area contributed by atoms with Crippen molar-refractivity contribution in [2.75, 3.05) is 5.75 Å². The van der Waals surface area contributed by atoms with E-state index in [-0.39, 0.29) is 0 Å². The van der Waals surface area contributed by atoms with Gasteiger partial charge in [0.15, 0.2) is 0 Å². The molecule has 1 saturated carbocycles. The molecule has 1 atom stereocenters. The largest absolute Gasteiger partial charge is 0.154 e. The summed E-state index contributed by atoms with van der Waals surface area (Å²) in [4.78, 5) is 0. The van der Waals surface area contributed by atoms with Crippen LogP contribution in [0.5, 0.6) is 0 Å². The Morgan fingerprint density at radius 1 is 1.60 bits per heavy atom. The van der Waals surface area contributed by atoms with Gasteiger partial charge in [-0.3, -0.25) is 0 Å². The highest BCUT2D eigenvalue weighted by atomic mass is 32.2. The van der Waals surface area contributed by atoms with Crippen LogP contribution in [0.1, 0.15) is 25.7 Å². The fraction of sp³-hybridized carbons (Fsp3) is 0.667. The molecule has 0 N–H and O–H groups in total. The van der Waals surface area contributed by atoms with Gasteiger partial charge in [-0.2, -0.15) is 11.8 Å². The highest BCUT2D eigenvalue weighted by molar-refractivity contribution is 8.00. The zero-order chi connectivity index (χ0) is 7.23. The molecule has 0 bridgehead atoms. The Hall–Kier alpha value is 0.0900. The Morgan fingerprint density at radius 3 is 3.10 bits per heavy atom. The zero-order valence-corrected chi connectivity index (χ0v) is 7.20. The smallest absolute Gasteiger partial charge is 0.0113 e. The summed E-state index contributed by atoms with van der Waals surface area (Å²) in [5.74, 6) is 1.11. The topological polar surface area (TPSA) is 0 Å². The first kappa shape index (κ1) is 8.19. The monoisotopic (exact) mass is 155 g/mol. The number of hydrogen-bond donors (Lipinski definition) is 0. The van der Waals surface area contributed by atoms with E-state index in [1.54, 1.807) is 0 Å². The summed E-state index contributed by atoms with van der Waals surface area (Å²) in [5.41, 5.74) is 0. The van der Waals surface area contributed by atoms with E-state index in [4.69, 9.17) is 0 Å². The Balaban J connectivity index is 2.07. The van der Waals surface area contributed by atoms with E-state index in [9.17, 15) is 0 Å². The van der Waals surface area contributed by atoms with Gasteiger partial charge >= 0.3 is 0 Å². The van der Waals surface area contributed by atoms with Crippen molar-refractivity contribution in [3.63, 3.8) is 0 Å². The number of hydrogen-bond acceptors (Lipinski definition) is 1. The summed E-state index contributed by atoms with van der Waals surface area (Å²) >= 11 is 2.02. The molecule has 1 radical (unpaired) electrons. The lowest BCUT2D eigenvalue weighted by Gasteiger charge is -2.19. The van der Waals surface area contributed by atoms with Crippen LogP contribution in [0.2, 0.25) is 0 Å². The van der Waals surface area contributed by atoms with Crippen molar-refractivity contribution in [2.45, 2.75) is 30.9 Å². The van der Waals surface area contributed by atoms with Crippen molar-refractivity contribution in [1.29, 1.82) is 0 Å². The zero-order valence-electron chi connectivity index (χ0n) is 6.38. The predicted molar refractivity (Wildman–Crippen MR) is 49.2 cm³/mol. The van der Waals surface area contributed by atoms with E-state index in [0.29, 0.717) is 0 Å². The fourth-order valence-corrected chi connectivity index (χ4v) is 2.24. The van der Waals surface area contributed by atoms with E-state index in [1.165, 1.54) is 25.7 Å². The van der Waals surface area contributed by atoms with Crippen molar-refractivity contribution in [2.24, 2.45) is 0 Å². The molecule has 0 saturated heterocycles. The molecule has 57 valence electrons. The minimum absolute atomic E-state index is 0.826. The lowest BCUT2D eigenvalue weighted by molar-refractivity contribution is 0.603. The number of rotatable bonds is 3. The highest BCUT2D eigenvalue weighted by Crippen LogP contribution is 2.26. The van der Waals surface area contributed by atoms with E-state index < -0.39 is 0 Å². The van der Waals surface area contributed by atoms with Crippen molar-refractivity contribution in [3.8, 4) is 0 Å². The Bertz CT molecular complexity index is 92.9. The van der Waals surface area contributed by atoms with E-state index in [0.717, 1.165) is 11.0 Å². The highest BCUT2D eigenvalue weighted by Gasteiger charge is 2.12. The third-order valence-corrected chi connectivity index (χ3v) is 3.08. The van der Waals surface area contributed by atoms with Crippen molar-refractivity contribution in [3.05, 3.63) is 19.1 Å². The van der Waals surface area contributed by atoms with Gasteiger partial charge in [0.05, 0.1) is 0 Å². The molecule has 1 aliphatic rings. The van der Waals surface area contributed by atoms with Crippen LogP contribution in [0, 0.1) is 6.42 Å². The SMILES string of the molecule is C=CCSC1[CH]CCCC1. The molecular formula is C9H15S. The summed E-state index contributed by atoms with van der Waals surface area (Å²) < 4.78 is 0. The van der Waals surface area contributed by atoms with Crippen LogP contribution in [0.15, 0.2) is 12.7 Å². The Morgan fingerprint density at radius 2 is 2.50 bits per heavy atom. The molecule has 1 fully saturated rings. The third kappa shape index (κ3) is 2.78. The second kappa shape index (κ2) is 4.84. The van der Waals surface area contributed by atoms with E-state index in [2.05, 4.69) is 13.0 Å². The molecule has 0 amide bonds. The molecule has 0 heterocycles. The molecule has 1 rings (SSSR count). The first-order chi connectivity index (χ1) is 4.93. The Kier molecular flexibility index (Phi) is 3.96. The first-order valence-corrected chi connectivity index (χ1v) is 5.04. The van der Waals surface area contributed by atoms with Crippen LogP contribution in [0.25, 0.3) is 0 Å². The van der Waals surface area contributed by atoms with Gasteiger partial charge in [-0.25, -0.2) is 0 Å². The molecule has 1 unspecified atom stereocenters. The maximum absolute atomic E-state index is 3.71. The van der Waals surface area contributed by atoms with Crippen LogP contribution >= 0.6 is 11.8 Å². The number of thioether (sulfide) groups is 1. The normalized spacial score (nSPS) is 20.8. The molecule has 0 nitrogen and oxygen atoms in total. The van der Waals surface area contributed by atoms with Crippen LogP contribution in [0.3, 0.4) is 0 Å². The minimum Gasteiger partial charge on any atom is -0.154 e.